The first-order valence-electron chi connectivity index (χ1n) is 11.0. The molecule has 1 aliphatic heterocycles. The quantitative estimate of drug-likeness (QED) is 0.377. The summed E-state index contributed by atoms with van der Waals surface area (Å²) in [5, 5.41) is 3.14. The molecule has 0 saturated carbocycles. The number of nitrogens with zero attached hydrogens (tertiary/aromatic N) is 5. The molecule has 1 aliphatic rings. The van der Waals surface area contributed by atoms with Crippen LogP contribution in [0.1, 0.15) is 11.1 Å². The van der Waals surface area contributed by atoms with E-state index >= 15 is 0 Å². The van der Waals surface area contributed by atoms with Crippen LogP contribution in [0.3, 0.4) is 0 Å². The van der Waals surface area contributed by atoms with Crippen LogP contribution in [-0.4, -0.2) is 51.7 Å². The number of likely N-dealkylation sites (N-methyl/N-ethyl adjacent to an activating group) is 1. The van der Waals surface area contributed by atoms with Gasteiger partial charge in [-0.15, -0.1) is 6.58 Å². The molecule has 9 nitrogen and oxygen atoms in total. The highest BCUT2D eigenvalue weighted by Gasteiger charge is 2.25. The maximum Gasteiger partial charge on any atom is 0.278 e. The Morgan fingerprint density at radius 2 is 2.15 bits per heavy atom. The van der Waals surface area contributed by atoms with Crippen LogP contribution in [0.2, 0.25) is 0 Å². The molecule has 2 aromatic heterocycles. The van der Waals surface area contributed by atoms with Crippen LogP contribution in [0.15, 0.2) is 77.4 Å². The number of hydrogen-bond donors (Lipinski definition) is 2. The zero-order valence-corrected chi connectivity index (χ0v) is 19.4. The van der Waals surface area contributed by atoms with Crippen LogP contribution in [0, 0.1) is 6.92 Å². The number of anilines is 2. The van der Waals surface area contributed by atoms with Crippen molar-refractivity contribution in [3.63, 3.8) is 0 Å². The molecule has 0 aliphatic carbocycles. The van der Waals surface area contributed by atoms with E-state index < -0.39 is 0 Å². The normalized spacial score (nSPS) is 14.2. The maximum absolute atomic E-state index is 13.0. The minimum absolute atomic E-state index is 0.232. The fourth-order valence-corrected chi connectivity index (χ4v) is 3.81. The van der Waals surface area contributed by atoms with Crippen LogP contribution < -0.4 is 21.3 Å². The summed E-state index contributed by atoms with van der Waals surface area (Å²) >= 11 is 0. The van der Waals surface area contributed by atoms with Gasteiger partial charge < -0.3 is 15.8 Å². The number of hydrogen-bond acceptors (Lipinski definition) is 7. The van der Waals surface area contributed by atoms with Crippen molar-refractivity contribution in [2.24, 2.45) is 4.99 Å². The number of aryl methyl sites for hydroxylation is 1. The zero-order valence-electron chi connectivity index (χ0n) is 19.4. The van der Waals surface area contributed by atoms with Crippen molar-refractivity contribution in [1.29, 1.82) is 0 Å². The Morgan fingerprint density at radius 3 is 2.79 bits per heavy atom. The number of aromatic nitrogens is 3. The van der Waals surface area contributed by atoms with Crippen LogP contribution in [-0.2, 0) is 6.54 Å². The lowest BCUT2D eigenvalue weighted by molar-refractivity contribution is 0.0383. The number of rotatable bonds is 9. The molecule has 3 heterocycles. The number of ether oxygens (including phenoxy) is 1. The van der Waals surface area contributed by atoms with Gasteiger partial charge in [-0.3, -0.25) is 9.69 Å². The van der Waals surface area contributed by atoms with Crippen molar-refractivity contribution in [2.45, 2.75) is 19.6 Å². The van der Waals surface area contributed by atoms with E-state index in [0.29, 0.717) is 11.6 Å². The first kappa shape index (κ1) is 23.1. The molecular weight excluding hydrogens is 430 g/mol. The van der Waals surface area contributed by atoms with Crippen LogP contribution in [0.25, 0.3) is 5.82 Å². The lowest BCUT2D eigenvalue weighted by Crippen LogP contribution is -2.51. The van der Waals surface area contributed by atoms with Gasteiger partial charge in [0, 0.05) is 31.2 Å². The Labute approximate surface area is 198 Å². The average molecular weight is 460 g/mol. The third kappa shape index (κ3) is 4.79. The highest BCUT2D eigenvalue weighted by atomic mass is 16.5. The van der Waals surface area contributed by atoms with Gasteiger partial charge in [0.15, 0.2) is 5.82 Å². The number of pyridine rings is 1. The van der Waals surface area contributed by atoms with Crippen molar-refractivity contribution in [2.75, 3.05) is 31.2 Å². The molecule has 3 N–H and O–H groups in total. The summed E-state index contributed by atoms with van der Waals surface area (Å²) in [6.07, 6.45) is 4.92. The van der Waals surface area contributed by atoms with Crippen molar-refractivity contribution in [1.82, 2.24) is 19.2 Å². The molecule has 0 bridgehead atoms. The smallest absolute Gasteiger partial charge is 0.278 e. The number of benzene rings is 1. The Morgan fingerprint density at radius 1 is 1.35 bits per heavy atom. The molecule has 3 aromatic rings. The number of nitrogens with two attached hydrogens (primary N) is 1. The second-order valence-corrected chi connectivity index (χ2v) is 8.25. The summed E-state index contributed by atoms with van der Waals surface area (Å²) in [6.45, 7) is 11.8. The first-order chi connectivity index (χ1) is 16.4. The topological polar surface area (TPSA) is 103 Å². The number of allylic oxidation sites excluding steroid dienone is 1. The molecule has 0 atom stereocenters. The molecular formula is C25H29N7O2. The van der Waals surface area contributed by atoms with Crippen molar-refractivity contribution >= 4 is 17.7 Å². The Balaban J connectivity index is 1.50. The van der Waals surface area contributed by atoms with Gasteiger partial charge >= 0.3 is 0 Å². The summed E-state index contributed by atoms with van der Waals surface area (Å²) < 4.78 is 9.05. The highest BCUT2D eigenvalue weighted by molar-refractivity contribution is 5.86. The number of likely N-dealkylation sites (tertiary alicyclic amines) is 1. The van der Waals surface area contributed by atoms with Gasteiger partial charge in [-0.1, -0.05) is 18.7 Å². The van der Waals surface area contributed by atoms with Crippen molar-refractivity contribution < 1.29 is 4.74 Å². The second-order valence-electron chi connectivity index (χ2n) is 8.25. The molecule has 0 unspecified atom stereocenters. The number of nitrogen functional groups attached to an aromatic ring is 1. The maximum atomic E-state index is 13.0. The SMILES string of the molecule is C=CCn1c(=O)c(C=NC(=C)Nc2ccc(OC3CN(C)C3)c(C)c2)c(N)n1-c1ccccn1. The van der Waals surface area contributed by atoms with E-state index in [1.807, 2.05) is 31.2 Å². The van der Waals surface area contributed by atoms with E-state index in [4.69, 9.17) is 10.5 Å². The number of nitrogens with one attached hydrogen (secondary N) is 1. The zero-order chi connectivity index (χ0) is 24.2. The largest absolute Gasteiger partial charge is 0.487 e. The molecule has 1 saturated heterocycles. The lowest BCUT2D eigenvalue weighted by Gasteiger charge is -2.36. The molecule has 0 amide bonds. The third-order valence-electron chi connectivity index (χ3n) is 5.52. The Bertz CT molecular complexity index is 1280. The van der Waals surface area contributed by atoms with E-state index in [-0.39, 0.29) is 29.6 Å². The van der Waals surface area contributed by atoms with Gasteiger partial charge in [-0.2, -0.15) is 0 Å². The fourth-order valence-electron chi connectivity index (χ4n) is 3.81. The van der Waals surface area contributed by atoms with Crippen molar-refractivity contribution in [3.8, 4) is 11.6 Å². The van der Waals surface area contributed by atoms with Gasteiger partial charge in [0.05, 0.1) is 6.54 Å². The molecule has 9 heteroatoms. The lowest BCUT2D eigenvalue weighted by atomic mass is 10.1. The van der Waals surface area contributed by atoms with Crippen LogP contribution in [0.5, 0.6) is 5.75 Å². The standard InChI is InChI=1S/C25H29N7O2/c1-5-12-31-25(33)21(24(26)32(31)23-8-6-7-11-27-23)14-28-18(3)29-19-9-10-22(17(2)13-19)34-20-15-30(4)16-20/h5-11,13-14,20,29H,1,3,12,15-16,26H2,2,4H3. The van der Waals surface area contributed by atoms with Crippen LogP contribution >= 0.6 is 0 Å². The molecule has 0 radical (unpaired) electrons. The monoisotopic (exact) mass is 459 g/mol. The third-order valence-corrected chi connectivity index (χ3v) is 5.52. The van der Waals surface area contributed by atoms with Crippen LogP contribution in [0.4, 0.5) is 11.5 Å². The summed E-state index contributed by atoms with van der Waals surface area (Å²) in [6, 6.07) is 11.2. The molecule has 176 valence electrons. The molecule has 4 rings (SSSR count). The average Bonchev–Trinajstić information content (AvgIpc) is 3.03. The van der Waals surface area contributed by atoms with Gasteiger partial charge in [0.25, 0.3) is 5.56 Å². The van der Waals surface area contributed by atoms with Gasteiger partial charge in [0.1, 0.15) is 29.1 Å². The number of aliphatic imine (C=N–C) groups is 1. The Hall–Kier alpha value is -4.11. The summed E-state index contributed by atoms with van der Waals surface area (Å²) in [4.78, 5) is 23.8. The highest BCUT2D eigenvalue weighted by Crippen LogP contribution is 2.25. The Kier molecular flexibility index (Phi) is 6.65. The predicted octanol–water partition coefficient (Wildman–Crippen LogP) is 2.81. The van der Waals surface area contributed by atoms with Crippen molar-refractivity contribution in [3.05, 3.63) is 89.1 Å². The van der Waals surface area contributed by atoms with Gasteiger partial charge in [-0.05, 0) is 49.9 Å². The molecule has 1 aromatic carbocycles. The van der Waals surface area contributed by atoms with E-state index in [1.165, 1.54) is 10.9 Å². The van der Waals surface area contributed by atoms with Gasteiger partial charge in [0.2, 0.25) is 0 Å². The van der Waals surface area contributed by atoms with E-state index in [0.717, 1.165) is 30.1 Å². The van der Waals surface area contributed by atoms with E-state index in [9.17, 15) is 4.79 Å². The molecule has 1 fully saturated rings. The van der Waals surface area contributed by atoms with E-state index in [2.05, 4.69) is 40.4 Å². The minimum Gasteiger partial charge on any atom is -0.487 e. The molecule has 34 heavy (non-hydrogen) atoms. The van der Waals surface area contributed by atoms with Gasteiger partial charge in [-0.25, -0.2) is 19.3 Å². The fraction of sp³-hybridized carbons (Fsp3) is 0.240. The second kappa shape index (κ2) is 9.80. The predicted molar refractivity (Wildman–Crippen MR) is 136 cm³/mol. The van der Waals surface area contributed by atoms with E-state index in [1.54, 1.807) is 29.1 Å². The molecule has 0 spiro atoms. The minimum atomic E-state index is -0.293. The summed E-state index contributed by atoms with van der Waals surface area (Å²) in [5.41, 5.74) is 8.11. The summed E-state index contributed by atoms with van der Waals surface area (Å²) in [7, 11) is 2.07. The summed E-state index contributed by atoms with van der Waals surface area (Å²) in [5.74, 6) is 2.00. The first-order valence-corrected chi connectivity index (χ1v) is 11.0.